The van der Waals surface area contributed by atoms with Crippen LogP contribution in [-0.4, -0.2) is 51.8 Å². The topological polar surface area (TPSA) is 82.6 Å². The van der Waals surface area contributed by atoms with Crippen molar-refractivity contribution in [3.63, 3.8) is 0 Å². The van der Waals surface area contributed by atoms with Crippen molar-refractivity contribution in [2.75, 3.05) is 13.1 Å². The highest BCUT2D eigenvalue weighted by Crippen LogP contribution is 2.39. The number of benzene rings is 1. The third kappa shape index (κ3) is 3.94. The zero-order chi connectivity index (χ0) is 20.8. The molecule has 2 aromatic rings. The molecule has 0 bridgehead atoms. The van der Waals surface area contributed by atoms with E-state index in [1.807, 2.05) is 0 Å². The second-order valence-electron chi connectivity index (χ2n) is 8.71. The fraction of sp³-hybridized carbons (Fsp3) is 0.545. The van der Waals surface area contributed by atoms with Crippen LogP contribution in [0.3, 0.4) is 0 Å². The number of halogens is 1. The van der Waals surface area contributed by atoms with Gasteiger partial charge in [-0.2, -0.15) is 0 Å². The minimum absolute atomic E-state index is 0.0209. The van der Waals surface area contributed by atoms with Crippen LogP contribution in [0.15, 0.2) is 29.1 Å². The summed E-state index contributed by atoms with van der Waals surface area (Å²) in [6.07, 6.45) is 2.17. The van der Waals surface area contributed by atoms with Gasteiger partial charge in [0.05, 0.1) is 28.9 Å². The van der Waals surface area contributed by atoms with Gasteiger partial charge in [-0.15, -0.1) is 0 Å². The smallest absolute Gasteiger partial charge is 0.254 e. The molecule has 2 atom stereocenters. The molecular weight excluding hydrogens is 375 g/mol. The van der Waals surface area contributed by atoms with E-state index in [1.165, 1.54) is 24.3 Å². The maximum Gasteiger partial charge on any atom is 0.254 e. The first-order valence-corrected chi connectivity index (χ1v) is 10.2. The van der Waals surface area contributed by atoms with E-state index in [1.54, 1.807) is 4.90 Å². The van der Waals surface area contributed by atoms with Crippen molar-refractivity contribution in [2.24, 2.45) is 5.92 Å². The summed E-state index contributed by atoms with van der Waals surface area (Å²) in [4.78, 5) is 29.4. The van der Waals surface area contributed by atoms with E-state index in [9.17, 15) is 19.1 Å². The van der Waals surface area contributed by atoms with Crippen molar-refractivity contribution in [1.29, 1.82) is 0 Å². The number of aliphatic hydroxyl groups is 1. The summed E-state index contributed by atoms with van der Waals surface area (Å²) in [5.74, 6) is -0.381. The third-order valence-electron chi connectivity index (χ3n) is 6.25. The Balaban J connectivity index is 1.54. The van der Waals surface area contributed by atoms with Gasteiger partial charge in [0.25, 0.3) is 5.91 Å². The van der Waals surface area contributed by atoms with Crippen molar-refractivity contribution in [3.05, 3.63) is 46.0 Å². The Labute approximate surface area is 168 Å². The molecule has 2 fully saturated rings. The summed E-state index contributed by atoms with van der Waals surface area (Å²) in [5.41, 5.74) is -0.237. The highest BCUT2D eigenvalue weighted by Gasteiger charge is 2.44. The molecule has 1 aromatic carbocycles. The van der Waals surface area contributed by atoms with Gasteiger partial charge < -0.3 is 19.7 Å². The number of rotatable bonds is 2. The van der Waals surface area contributed by atoms with Crippen LogP contribution in [0.1, 0.15) is 49.9 Å². The van der Waals surface area contributed by atoms with Gasteiger partial charge in [-0.1, -0.05) is 13.8 Å². The Morgan fingerprint density at radius 1 is 1.31 bits per heavy atom. The van der Waals surface area contributed by atoms with Crippen LogP contribution in [0.2, 0.25) is 0 Å². The van der Waals surface area contributed by atoms with E-state index in [-0.39, 0.29) is 23.7 Å². The average Bonchev–Trinajstić information content (AvgIpc) is 2.66. The lowest BCUT2D eigenvalue weighted by molar-refractivity contribution is -0.190. The minimum Gasteiger partial charge on any atom is -0.393 e. The minimum atomic E-state index is -0.467. The molecule has 2 saturated heterocycles. The number of hydrogen-bond acceptors (Lipinski definition) is 4. The molecule has 0 saturated carbocycles. The molecule has 3 heterocycles. The molecule has 2 aliphatic heterocycles. The lowest BCUT2D eigenvalue weighted by Crippen LogP contribution is -2.54. The van der Waals surface area contributed by atoms with Crippen LogP contribution in [0, 0.1) is 11.7 Å². The van der Waals surface area contributed by atoms with E-state index >= 15 is 0 Å². The fourth-order valence-corrected chi connectivity index (χ4v) is 4.63. The quantitative estimate of drug-likeness (QED) is 0.809. The molecule has 1 spiro atoms. The van der Waals surface area contributed by atoms with Crippen LogP contribution < -0.4 is 5.56 Å². The zero-order valence-corrected chi connectivity index (χ0v) is 16.8. The van der Waals surface area contributed by atoms with Crippen LogP contribution in [-0.2, 0) is 4.74 Å². The first-order valence-electron chi connectivity index (χ1n) is 10.2. The highest BCUT2D eigenvalue weighted by molar-refractivity contribution is 6.06. The molecule has 1 aromatic heterocycles. The summed E-state index contributed by atoms with van der Waals surface area (Å²) in [6, 6.07) is 5.31. The van der Waals surface area contributed by atoms with Crippen molar-refractivity contribution in [3.8, 4) is 0 Å². The van der Waals surface area contributed by atoms with Gasteiger partial charge >= 0.3 is 0 Å². The number of aromatic amines is 1. The number of ether oxygens (including phenoxy) is 1. The number of likely N-dealkylation sites (tertiary alicyclic amines) is 1. The summed E-state index contributed by atoms with van der Waals surface area (Å²) in [5, 5.41) is 10.9. The number of amides is 1. The summed E-state index contributed by atoms with van der Waals surface area (Å²) >= 11 is 0. The van der Waals surface area contributed by atoms with Gasteiger partial charge in [0, 0.05) is 31.0 Å². The first kappa shape index (κ1) is 20.0. The van der Waals surface area contributed by atoms with Crippen molar-refractivity contribution < 1.29 is 19.0 Å². The van der Waals surface area contributed by atoms with Crippen molar-refractivity contribution >= 4 is 16.8 Å². The van der Waals surface area contributed by atoms with Gasteiger partial charge in [-0.3, -0.25) is 9.59 Å². The normalized spacial score (nSPS) is 24.4. The van der Waals surface area contributed by atoms with Gasteiger partial charge in [0.15, 0.2) is 0 Å². The van der Waals surface area contributed by atoms with E-state index in [0.717, 1.165) is 0 Å². The second-order valence-corrected chi connectivity index (χ2v) is 8.71. The lowest BCUT2D eigenvalue weighted by Gasteiger charge is -2.48. The molecule has 0 radical (unpaired) electrons. The number of aliphatic hydroxyl groups excluding tert-OH is 1. The molecule has 2 N–H and O–H groups in total. The average molecular weight is 402 g/mol. The Morgan fingerprint density at radius 2 is 2.03 bits per heavy atom. The Bertz CT molecular complexity index is 978. The van der Waals surface area contributed by atoms with Gasteiger partial charge in [0.2, 0.25) is 5.56 Å². The molecule has 29 heavy (non-hydrogen) atoms. The Kier molecular flexibility index (Phi) is 5.21. The molecule has 2 aliphatic rings. The summed E-state index contributed by atoms with van der Waals surface area (Å²) in [7, 11) is 0. The van der Waals surface area contributed by atoms with Crippen LogP contribution in [0.25, 0.3) is 10.9 Å². The standard InChI is InChI=1S/C22H27FN2O4/c1-13(2)19-10-15(26)12-22(29-19)5-7-25(8-6-22)21(28)17-11-20(27)24-18-9-14(23)3-4-16(17)18/h3-4,9,11,13,15,19,26H,5-8,10,12H2,1-2H3,(H,24,27)/t15-,19-/m1/s1. The molecule has 0 unspecified atom stereocenters. The molecule has 1 amide bonds. The maximum atomic E-state index is 13.5. The number of carbonyl (C=O) groups is 1. The first-order chi connectivity index (χ1) is 13.8. The number of hydrogen-bond donors (Lipinski definition) is 2. The molecular formula is C22H27FN2O4. The Hall–Kier alpha value is -2.25. The number of carbonyl (C=O) groups excluding carboxylic acids is 1. The number of fused-ring (bicyclic) bond motifs is 1. The number of H-pyrrole nitrogens is 1. The highest BCUT2D eigenvalue weighted by atomic mass is 19.1. The molecule has 4 rings (SSSR count). The van der Waals surface area contributed by atoms with Gasteiger partial charge in [-0.25, -0.2) is 4.39 Å². The monoisotopic (exact) mass is 402 g/mol. The number of nitrogens with one attached hydrogen (secondary N) is 1. The van der Waals surface area contributed by atoms with Gasteiger partial charge in [-0.05, 0) is 43.4 Å². The van der Waals surface area contributed by atoms with E-state index in [2.05, 4.69) is 18.8 Å². The predicted molar refractivity (Wildman–Crippen MR) is 107 cm³/mol. The molecule has 7 heteroatoms. The molecule has 156 valence electrons. The zero-order valence-electron chi connectivity index (χ0n) is 16.8. The fourth-order valence-electron chi connectivity index (χ4n) is 4.63. The second kappa shape index (κ2) is 7.54. The molecule has 0 aliphatic carbocycles. The van der Waals surface area contributed by atoms with Crippen molar-refractivity contribution in [2.45, 2.75) is 57.3 Å². The maximum absolute atomic E-state index is 13.5. The van der Waals surface area contributed by atoms with Gasteiger partial charge in [0.1, 0.15) is 5.82 Å². The number of piperidine rings is 1. The SMILES string of the molecule is CC(C)[C@H]1C[C@@H](O)CC2(CCN(C(=O)c3cc(=O)[nH]c4cc(F)ccc34)CC2)O1. The van der Waals surface area contributed by atoms with Crippen LogP contribution >= 0.6 is 0 Å². The number of aromatic nitrogens is 1. The van der Waals surface area contributed by atoms with Crippen LogP contribution in [0.4, 0.5) is 4.39 Å². The summed E-state index contributed by atoms with van der Waals surface area (Å²) in [6.45, 7) is 5.17. The van der Waals surface area contributed by atoms with E-state index in [0.29, 0.717) is 55.6 Å². The Morgan fingerprint density at radius 3 is 2.72 bits per heavy atom. The van der Waals surface area contributed by atoms with E-state index < -0.39 is 17.0 Å². The van der Waals surface area contributed by atoms with Crippen LogP contribution in [0.5, 0.6) is 0 Å². The number of nitrogens with zero attached hydrogens (tertiary/aromatic N) is 1. The van der Waals surface area contributed by atoms with E-state index in [4.69, 9.17) is 4.74 Å². The van der Waals surface area contributed by atoms with Crippen molar-refractivity contribution in [1.82, 2.24) is 9.88 Å². The summed E-state index contributed by atoms with van der Waals surface area (Å²) < 4.78 is 19.9. The molecule has 6 nitrogen and oxygen atoms in total. The predicted octanol–water partition coefficient (Wildman–Crippen LogP) is 2.84. The number of pyridine rings is 1. The lowest BCUT2D eigenvalue weighted by atomic mass is 9.80. The largest absolute Gasteiger partial charge is 0.393 e. The third-order valence-corrected chi connectivity index (χ3v) is 6.25.